The minimum Gasteiger partial charge on any atom is -0.393 e. The molecule has 1 aliphatic carbocycles. The molecule has 1 saturated heterocycles. The number of aliphatic hydroxyl groups excluding tert-OH is 1. The number of rotatable bonds is 0. The van der Waals surface area contributed by atoms with Crippen LogP contribution in [0.1, 0.15) is 25.7 Å². The lowest BCUT2D eigenvalue weighted by Crippen LogP contribution is -2.44. The molecule has 64 valence electrons. The molecule has 3 atom stereocenters. The maximum absolute atomic E-state index is 9.68. The Morgan fingerprint density at radius 1 is 1.18 bits per heavy atom. The molecule has 0 bridgehead atoms. The van der Waals surface area contributed by atoms with Crippen LogP contribution in [0.15, 0.2) is 0 Å². The van der Waals surface area contributed by atoms with Crippen molar-refractivity contribution < 1.29 is 5.11 Å². The summed E-state index contributed by atoms with van der Waals surface area (Å²) in [7, 11) is 0. The van der Waals surface area contributed by atoms with Crippen LogP contribution in [-0.4, -0.2) is 24.3 Å². The van der Waals surface area contributed by atoms with Crippen LogP contribution in [0, 0.1) is 11.8 Å². The van der Waals surface area contributed by atoms with Crippen LogP contribution in [0.5, 0.6) is 0 Å². The fourth-order valence-electron chi connectivity index (χ4n) is 2.57. The lowest BCUT2D eigenvalue weighted by molar-refractivity contribution is 0.0167. The van der Waals surface area contributed by atoms with Gasteiger partial charge >= 0.3 is 0 Å². The zero-order chi connectivity index (χ0) is 7.68. The summed E-state index contributed by atoms with van der Waals surface area (Å²) >= 11 is 0. The Morgan fingerprint density at radius 2 is 2.09 bits per heavy atom. The first-order chi connectivity index (χ1) is 5.38. The summed E-state index contributed by atoms with van der Waals surface area (Å²) in [6, 6.07) is 0. The van der Waals surface area contributed by atoms with Gasteiger partial charge in [-0.25, -0.2) is 0 Å². The van der Waals surface area contributed by atoms with Crippen molar-refractivity contribution in [2.45, 2.75) is 31.8 Å². The number of hydrogen-bond acceptors (Lipinski definition) is 2. The van der Waals surface area contributed by atoms with E-state index < -0.39 is 0 Å². The molecule has 2 rings (SSSR count). The van der Waals surface area contributed by atoms with Gasteiger partial charge in [-0.1, -0.05) is 6.42 Å². The molecule has 0 aromatic carbocycles. The second kappa shape index (κ2) is 3.11. The second-order valence-corrected chi connectivity index (χ2v) is 3.91. The first-order valence-corrected chi connectivity index (χ1v) is 4.76. The van der Waals surface area contributed by atoms with Crippen molar-refractivity contribution in [1.82, 2.24) is 5.32 Å². The molecule has 0 unspecified atom stereocenters. The Morgan fingerprint density at radius 3 is 2.91 bits per heavy atom. The maximum Gasteiger partial charge on any atom is 0.0572 e. The summed E-state index contributed by atoms with van der Waals surface area (Å²) in [6.45, 7) is 2.25. The molecule has 2 fully saturated rings. The summed E-state index contributed by atoms with van der Waals surface area (Å²) in [6.07, 6.45) is 4.79. The lowest BCUT2D eigenvalue weighted by atomic mass is 9.74. The zero-order valence-electron chi connectivity index (χ0n) is 6.92. The molecular formula is C9H17NO. The Labute approximate surface area is 68.0 Å². The molecule has 11 heavy (non-hydrogen) atoms. The van der Waals surface area contributed by atoms with E-state index in [0.717, 1.165) is 25.4 Å². The van der Waals surface area contributed by atoms with E-state index in [2.05, 4.69) is 5.32 Å². The summed E-state index contributed by atoms with van der Waals surface area (Å²) in [5.41, 5.74) is 0. The van der Waals surface area contributed by atoms with Gasteiger partial charge in [0.15, 0.2) is 0 Å². The van der Waals surface area contributed by atoms with Crippen LogP contribution in [0.2, 0.25) is 0 Å². The Bertz CT molecular complexity index is 136. The van der Waals surface area contributed by atoms with E-state index in [1.54, 1.807) is 0 Å². The standard InChI is InChI=1S/C9H17NO/c11-9-3-1-2-7-6-10-5-4-8(7)9/h7-11H,1-6H2/t7-,8-,9-/m0/s1. The van der Waals surface area contributed by atoms with Crippen molar-refractivity contribution in [3.8, 4) is 0 Å². The van der Waals surface area contributed by atoms with E-state index in [1.165, 1.54) is 19.3 Å². The quantitative estimate of drug-likeness (QED) is 0.541. The third-order valence-corrected chi connectivity index (χ3v) is 3.24. The van der Waals surface area contributed by atoms with Gasteiger partial charge in [-0.3, -0.25) is 0 Å². The summed E-state index contributed by atoms with van der Waals surface area (Å²) in [5.74, 6) is 1.39. The minimum atomic E-state index is 0.0100. The largest absolute Gasteiger partial charge is 0.393 e. The number of piperidine rings is 1. The number of aliphatic hydroxyl groups is 1. The highest BCUT2D eigenvalue weighted by molar-refractivity contribution is 4.86. The number of hydrogen-bond donors (Lipinski definition) is 2. The van der Waals surface area contributed by atoms with E-state index in [9.17, 15) is 5.11 Å². The van der Waals surface area contributed by atoms with E-state index >= 15 is 0 Å². The molecule has 1 aliphatic heterocycles. The summed E-state index contributed by atoms with van der Waals surface area (Å²) < 4.78 is 0. The van der Waals surface area contributed by atoms with Crippen molar-refractivity contribution in [1.29, 1.82) is 0 Å². The van der Waals surface area contributed by atoms with Crippen LogP contribution in [0.4, 0.5) is 0 Å². The van der Waals surface area contributed by atoms with Gasteiger partial charge in [-0.15, -0.1) is 0 Å². The van der Waals surface area contributed by atoms with Gasteiger partial charge in [-0.05, 0) is 44.2 Å². The number of nitrogens with one attached hydrogen (secondary N) is 1. The third kappa shape index (κ3) is 1.42. The fraction of sp³-hybridized carbons (Fsp3) is 1.00. The highest BCUT2D eigenvalue weighted by atomic mass is 16.3. The Hall–Kier alpha value is -0.0800. The lowest BCUT2D eigenvalue weighted by Gasteiger charge is -2.39. The minimum absolute atomic E-state index is 0.0100. The highest BCUT2D eigenvalue weighted by Crippen LogP contribution is 2.33. The first kappa shape index (κ1) is 7.56. The summed E-state index contributed by atoms with van der Waals surface area (Å²) in [5, 5.41) is 13.1. The van der Waals surface area contributed by atoms with Gasteiger partial charge in [0.25, 0.3) is 0 Å². The predicted octanol–water partition coefficient (Wildman–Crippen LogP) is 0.757. The topological polar surface area (TPSA) is 32.3 Å². The van der Waals surface area contributed by atoms with Crippen LogP contribution >= 0.6 is 0 Å². The average Bonchev–Trinajstić information content (AvgIpc) is 2.06. The van der Waals surface area contributed by atoms with Crippen molar-refractivity contribution in [2.24, 2.45) is 11.8 Å². The van der Waals surface area contributed by atoms with E-state index in [-0.39, 0.29) is 6.10 Å². The van der Waals surface area contributed by atoms with Crippen LogP contribution in [-0.2, 0) is 0 Å². The molecule has 2 N–H and O–H groups in total. The molecule has 2 heteroatoms. The van der Waals surface area contributed by atoms with Crippen LogP contribution < -0.4 is 5.32 Å². The van der Waals surface area contributed by atoms with E-state index in [0.29, 0.717) is 5.92 Å². The van der Waals surface area contributed by atoms with Gasteiger partial charge in [0.05, 0.1) is 6.10 Å². The Kier molecular flexibility index (Phi) is 2.14. The fourth-order valence-corrected chi connectivity index (χ4v) is 2.57. The normalized spacial score (nSPS) is 45.0. The molecule has 0 aromatic rings. The van der Waals surface area contributed by atoms with Crippen LogP contribution in [0.3, 0.4) is 0 Å². The smallest absolute Gasteiger partial charge is 0.0572 e. The third-order valence-electron chi connectivity index (χ3n) is 3.24. The van der Waals surface area contributed by atoms with Crippen LogP contribution in [0.25, 0.3) is 0 Å². The van der Waals surface area contributed by atoms with E-state index in [4.69, 9.17) is 0 Å². The highest BCUT2D eigenvalue weighted by Gasteiger charge is 2.33. The first-order valence-electron chi connectivity index (χ1n) is 4.76. The molecule has 0 spiro atoms. The average molecular weight is 155 g/mol. The second-order valence-electron chi connectivity index (χ2n) is 3.91. The van der Waals surface area contributed by atoms with Gasteiger partial charge in [-0.2, -0.15) is 0 Å². The van der Waals surface area contributed by atoms with Crippen molar-refractivity contribution >= 4 is 0 Å². The van der Waals surface area contributed by atoms with Gasteiger partial charge in [0.1, 0.15) is 0 Å². The molecule has 1 heterocycles. The maximum atomic E-state index is 9.68. The summed E-state index contributed by atoms with van der Waals surface area (Å²) in [4.78, 5) is 0. The van der Waals surface area contributed by atoms with Gasteiger partial charge < -0.3 is 10.4 Å². The SMILES string of the molecule is O[C@H]1CCC[C@H]2CNCC[C@@H]21. The molecule has 1 saturated carbocycles. The van der Waals surface area contributed by atoms with Gasteiger partial charge in [0, 0.05) is 0 Å². The van der Waals surface area contributed by atoms with E-state index in [1.807, 2.05) is 0 Å². The molecule has 2 nitrogen and oxygen atoms in total. The Balaban J connectivity index is 1.99. The van der Waals surface area contributed by atoms with Crippen molar-refractivity contribution in [2.75, 3.05) is 13.1 Å². The monoisotopic (exact) mass is 155 g/mol. The van der Waals surface area contributed by atoms with Crippen molar-refractivity contribution in [3.63, 3.8) is 0 Å². The van der Waals surface area contributed by atoms with Crippen molar-refractivity contribution in [3.05, 3.63) is 0 Å². The molecule has 0 radical (unpaired) electrons. The molecule has 0 amide bonds. The number of fused-ring (bicyclic) bond motifs is 1. The van der Waals surface area contributed by atoms with Gasteiger partial charge in [0.2, 0.25) is 0 Å². The zero-order valence-corrected chi connectivity index (χ0v) is 6.92. The predicted molar refractivity (Wildman–Crippen MR) is 44.3 cm³/mol. The molecule has 0 aromatic heterocycles. The molecule has 2 aliphatic rings. The molecular weight excluding hydrogens is 138 g/mol.